The van der Waals surface area contributed by atoms with Crippen LogP contribution in [0.2, 0.25) is 0 Å². The molecule has 0 aliphatic carbocycles. The molecule has 3 N–H and O–H groups in total. The summed E-state index contributed by atoms with van der Waals surface area (Å²) >= 11 is 0. The number of hydrogen-bond donors (Lipinski definition) is 3. The number of likely N-dealkylation sites (tertiary alicyclic amines) is 1. The van der Waals surface area contributed by atoms with E-state index in [9.17, 15) is 4.79 Å². The van der Waals surface area contributed by atoms with Crippen molar-refractivity contribution in [1.29, 1.82) is 0 Å². The summed E-state index contributed by atoms with van der Waals surface area (Å²) in [5, 5.41) is 8.73. The van der Waals surface area contributed by atoms with Gasteiger partial charge in [-0.15, -0.1) is 0 Å². The van der Waals surface area contributed by atoms with Crippen molar-refractivity contribution >= 4 is 6.09 Å². The summed E-state index contributed by atoms with van der Waals surface area (Å²) in [6, 6.07) is 10.2. The number of carboxylic acid groups (broad SMARTS) is 1. The smallest absolute Gasteiger partial charge is 0.419 e. The summed E-state index contributed by atoms with van der Waals surface area (Å²) in [5.41, 5.74) is 6.40. The zero-order valence-electron chi connectivity index (χ0n) is 11.6. The van der Waals surface area contributed by atoms with Crippen molar-refractivity contribution in [2.45, 2.75) is 12.0 Å². The zero-order chi connectivity index (χ0) is 14.4. The fourth-order valence-corrected chi connectivity index (χ4v) is 2.63. The van der Waals surface area contributed by atoms with E-state index < -0.39 is 6.09 Å². The fourth-order valence-electron chi connectivity index (χ4n) is 2.63. The Bertz CT molecular complexity index is 427. The molecule has 20 heavy (non-hydrogen) atoms. The first kappa shape index (κ1) is 14.8. The third-order valence-electron chi connectivity index (χ3n) is 3.60. The van der Waals surface area contributed by atoms with Gasteiger partial charge in [-0.3, -0.25) is 10.3 Å². The van der Waals surface area contributed by atoms with Crippen LogP contribution >= 0.6 is 0 Å². The largest absolute Gasteiger partial charge is 0.464 e. The van der Waals surface area contributed by atoms with Gasteiger partial charge in [0.05, 0.1) is 6.61 Å². The molecule has 2 atom stereocenters. The van der Waals surface area contributed by atoms with E-state index in [1.807, 2.05) is 18.2 Å². The first-order chi connectivity index (χ1) is 9.70. The van der Waals surface area contributed by atoms with Crippen LogP contribution in [0, 0.1) is 0 Å². The van der Waals surface area contributed by atoms with Gasteiger partial charge in [-0.1, -0.05) is 30.3 Å². The molecule has 0 spiro atoms. The molecular weight excluding hydrogens is 258 g/mol. The fraction of sp³-hybridized carbons (Fsp3) is 0.500. The van der Waals surface area contributed by atoms with Crippen molar-refractivity contribution in [2.24, 2.45) is 0 Å². The summed E-state index contributed by atoms with van der Waals surface area (Å²) in [5.74, 6) is 0.264. The maximum atomic E-state index is 10.6. The predicted octanol–water partition coefficient (Wildman–Crippen LogP) is 0.873. The number of hydrogen-bond acceptors (Lipinski definition) is 4. The molecule has 1 aromatic carbocycles. The summed E-state index contributed by atoms with van der Waals surface area (Å²) in [4.78, 5) is 12.9. The molecule has 2 unspecified atom stereocenters. The lowest BCUT2D eigenvalue weighted by molar-refractivity contribution is 0.158. The number of amides is 1. The first-order valence-electron chi connectivity index (χ1n) is 6.71. The molecule has 6 heteroatoms. The van der Waals surface area contributed by atoms with Crippen molar-refractivity contribution < 1.29 is 14.6 Å². The molecule has 0 radical (unpaired) electrons. The highest BCUT2D eigenvalue weighted by Crippen LogP contribution is 2.27. The van der Waals surface area contributed by atoms with E-state index in [0.29, 0.717) is 6.61 Å². The summed E-state index contributed by atoms with van der Waals surface area (Å²) < 4.78 is 5.11. The van der Waals surface area contributed by atoms with E-state index in [1.165, 1.54) is 5.56 Å². The predicted molar refractivity (Wildman–Crippen MR) is 75.6 cm³/mol. The van der Waals surface area contributed by atoms with Gasteiger partial charge < -0.3 is 9.84 Å². The van der Waals surface area contributed by atoms with Crippen LogP contribution in [0.4, 0.5) is 4.79 Å². The number of rotatable bonds is 6. The third kappa shape index (κ3) is 3.93. The van der Waals surface area contributed by atoms with Gasteiger partial charge in [-0.05, 0) is 5.56 Å². The second kappa shape index (κ2) is 7.23. The molecule has 1 saturated heterocycles. The van der Waals surface area contributed by atoms with E-state index in [-0.39, 0.29) is 12.0 Å². The Morgan fingerprint density at radius 2 is 2.15 bits per heavy atom. The van der Waals surface area contributed by atoms with Crippen LogP contribution < -0.4 is 10.9 Å². The molecular formula is C14H21N3O3. The van der Waals surface area contributed by atoms with Gasteiger partial charge in [0.2, 0.25) is 0 Å². The number of ether oxygens (including phenoxy) is 1. The van der Waals surface area contributed by atoms with Crippen molar-refractivity contribution in [3.05, 3.63) is 35.9 Å². The molecule has 1 aliphatic heterocycles. The lowest BCUT2D eigenvalue weighted by Gasteiger charge is -2.19. The van der Waals surface area contributed by atoms with Gasteiger partial charge in [0.25, 0.3) is 0 Å². The molecule has 0 aromatic heterocycles. The SMILES string of the molecule is COCCN1CC(NNC(=O)O)C(c2ccccc2)C1. The second-order valence-electron chi connectivity index (χ2n) is 4.95. The molecule has 1 aromatic rings. The van der Waals surface area contributed by atoms with E-state index in [1.54, 1.807) is 7.11 Å². The Hall–Kier alpha value is -1.63. The Balaban J connectivity index is 2.03. The topological polar surface area (TPSA) is 73.8 Å². The molecule has 110 valence electrons. The maximum Gasteiger partial charge on any atom is 0.419 e. The number of hydrazine groups is 1. The zero-order valence-corrected chi connectivity index (χ0v) is 11.6. The monoisotopic (exact) mass is 279 g/mol. The van der Waals surface area contributed by atoms with Gasteiger partial charge in [0.15, 0.2) is 0 Å². The van der Waals surface area contributed by atoms with Crippen molar-refractivity contribution in [1.82, 2.24) is 15.8 Å². The Morgan fingerprint density at radius 3 is 2.80 bits per heavy atom. The Kier molecular flexibility index (Phi) is 5.34. The maximum absolute atomic E-state index is 10.6. The lowest BCUT2D eigenvalue weighted by Crippen LogP contribution is -2.47. The molecule has 1 fully saturated rings. The summed E-state index contributed by atoms with van der Waals surface area (Å²) in [6.07, 6.45) is -1.06. The van der Waals surface area contributed by atoms with E-state index in [2.05, 4.69) is 27.9 Å². The number of nitrogens with zero attached hydrogens (tertiary/aromatic N) is 1. The van der Waals surface area contributed by atoms with Crippen molar-refractivity contribution in [3.8, 4) is 0 Å². The number of methoxy groups -OCH3 is 1. The third-order valence-corrected chi connectivity index (χ3v) is 3.60. The lowest BCUT2D eigenvalue weighted by atomic mass is 9.95. The summed E-state index contributed by atoms with van der Waals surface area (Å²) in [6.45, 7) is 3.22. The van der Waals surface area contributed by atoms with Crippen LogP contribution in [-0.2, 0) is 4.74 Å². The Morgan fingerprint density at radius 1 is 1.40 bits per heavy atom. The standard InChI is InChI=1S/C14H21N3O3/c1-20-8-7-17-9-12(11-5-3-2-4-6-11)13(10-17)15-16-14(18)19/h2-6,12-13,15-16H,7-10H2,1H3,(H,18,19). The van der Waals surface area contributed by atoms with Crippen LogP contribution in [0.1, 0.15) is 11.5 Å². The minimum atomic E-state index is -1.06. The molecule has 2 rings (SSSR count). The van der Waals surface area contributed by atoms with Crippen LogP contribution in [0.15, 0.2) is 30.3 Å². The number of nitrogens with one attached hydrogen (secondary N) is 2. The number of carbonyl (C=O) groups is 1. The molecule has 1 aliphatic rings. The van der Waals surface area contributed by atoms with Gasteiger partial charge >= 0.3 is 6.09 Å². The average Bonchev–Trinajstić information content (AvgIpc) is 2.87. The van der Waals surface area contributed by atoms with Crippen LogP contribution in [0.25, 0.3) is 0 Å². The van der Waals surface area contributed by atoms with E-state index >= 15 is 0 Å². The molecule has 6 nitrogen and oxygen atoms in total. The van der Waals surface area contributed by atoms with Crippen LogP contribution in [0.5, 0.6) is 0 Å². The quantitative estimate of drug-likeness (QED) is 0.674. The van der Waals surface area contributed by atoms with Gasteiger partial charge in [0.1, 0.15) is 0 Å². The highest BCUT2D eigenvalue weighted by Gasteiger charge is 2.33. The minimum Gasteiger partial charge on any atom is -0.464 e. The first-order valence-corrected chi connectivity index (χ1v) is 6.71. The van der Waals surface area contributed by atoms with Crippen LogP contribution in [0.3, 0.4) is 0 Å². The van der Waals surface area contributed by atoms with E-state index in [4.69, 9.17) is 9.84 Å². The minimum absolute atomic E-state index is 0.0605. The molecule has 1 amide bonds. The highest BCUT2D eigenvalue weighted by atomic mass is 16.5. The second-order valence-corrected chi connectivity index (χ2v) is 4.95. The molecule has 0 bridgehead atoms. The van der Waals surface area contributed by atoms with Gasteiger partial charge in [-0.2, -0.15) is 0 Å². The average molecular weight is 279 g/mol. The van der Waals surface area contributed by atoms with Crippen molar-refractivity contribution in [2.75, 3.05) is 33.4 Å². The Labute approximate surface area is 118 Å². The molecule has 0 saturated carbocycles. The van der Waals surface area contributed by atoms with Gasteiger partial charge in [-0.25, -0.2) is 10.2 Å². The van der Waals surface area contributed by atoms with Gasteiger partial charge in [0, 0.05) is 38.7 Å². The van der Waals surface area contributed by atoms with Crippen molar-refractivity contribution in [3.63, 3.8) is 0 Å². The molecule has 1 heterocycles. The number of benzene rings is 1. The van der Waals surface area contributed by atoms with Crippen LogP contribution in [-0.4, -0.2) is 55.5 Å². The summed E-state index contributed by atoms with van der Waals surface area (Å²) in [7, 11) is 1.69. The van der Waals surface area contributed by atoms with E-state index in [0.717, 1.165) is 19.6 Å². The highest BCUT2D eigenvalue weighted by molar-refractivity contribution is 5.63. The normalized spacial score (nSPS) is 22.9.